The summed E-state index contributed by atoms with van der Waals surface area (Å²) in [5, 5.41) is 7.25. The Kier molecular flexibility index (Phi) is 8.38. The average Bonchev–Trinajstić information content (AvgIpc) is 3.32. The summed E-state index contributed by atoms with van der Waals surface area (Å²) in [5.74, 6) is 0.281. The van der Waals surface area contributed by atoms with Crippen molar-refractivity contribution in [2.75, 3.05) is 38.3 Å². The van der Waals surface area contributed by atoms with Crippen LogP contribution in [0.15, 0.2) is 24.4 Å². The van der Waals surface area contributed by atoms with Crippen molar-refractivity contribution in [3.05, 3.63) is 40.9 Å². The number of ether oxygens (including phenoxy) is 3. The standard InChI is InChI=1S/C27H36ClFN4O3/c1-27(35-12-13-36-27)33-20-4-2-18(3-5-20)14-21-15-22(23(28)17-30-21)25-7-6-24(29)26(32-25)31-16-19-8-10-34-11-9-19/h6-7,15,17-20,33H,2-5,8-14,16H2,1H3,(H,31,32). The maximum atomic E-state index is 14.5. The molecule has 4 heterocycles. The fourth-order valence-electron chi connectivity index (χ4n) is 5.47. The highest BCUT2D eigenvalue weighted by atomic mass is 35.5. The Morgan fingerprint density at radius 1 is 1.03 bits per heavy atom. The second kappa shape index (κ2) is 11.7. The van der Waals surface area contributed by atoms with E-state index in [0.717, 1.165) is 69.4 Å². The van der Waals surface area contributed by atoms with Gasteiger partial charge in [0, 0.05) is 50.2 Å². The van der Waals surface area contributed by atoms with Crippen molar-refractivity contribution in [2.24, 2.45) is 11.8 Å². The van der Waals surface area contributed by atoms with Crippen LogP contribution in [0.4, 0.5) is 10.2 Å². The first-order chi connectivity index (χ1) is 17.5. The van der Waals surface area contributed by atoms with Gasteiger partial charge in [-0.25, -0.2) is 9.37 Å². The lowest BCUT2D eigenvalue weighted by Crippen LogP contribution is -2.50. The van der Waals surface area contributed by atoms with E-state index >= 15 is 0 Å². The van der Waals surface area contributed by atoms with Gasteiger partial charge in [0.05, 0.1) is 23.9 Å². The van der Waals surface area contributed by atoms with Crippen LogP contribution in [0.5, 0.6) is 0 Å². The minimum absolute atomic E-state index is 0.267. The molecule has 3 fully saturated rings. The molecule has 1 aliphatic carbocycles. The van der Waals surface area contributed by atoms with Crippen molar-refractivity contribution in [2.45, 2.75) is 63.8 Å². The topological polar surface area (TPSA) is 77.5 Å². The first-order valence-electron chi connectivity index (χ1n) is 13.2. The van der Waals surface area contributed by atoms with Crippen molar-refractivity contribution >= 4 is 17.4 Å². The number of pyridine rings is 2. The molecule has 0 spiro atoms. The number of rotatable bonds is 8. The Morgan fingerprint density at radius 2 is 1.78 bits per heavy atom. The van der Waals surface area contributed by atoms with Gasteiger partial charge in [-0.1, -0.05) is 11.6 Å². The molecule has 0 unspecified atom stereocenters. The van der Waals surface area contributed by atoms with E-state index in [0.29, 0.717) is 48.4 Å². The maximum absolute atomic E-state index is 14.5. The van der Waals surface area contributed by atoms with Crippen LogP contribution in [0.3, 0.4) is 0 Å². The molecule has 2 saturated heterocycles. The maximum Gasteiger partial charge on any atom is 0.224 e. The molecule has 0 radical (unpaired) electrons. The van der Waals surface area contributed by atoms with Gasteiger partial charge in [-0.05, 0) is 75.0 Å². The highest BCUT2D eigenvalue weighted by Crippen LogP contribution is 2.32. The van der Waals surface area contributed by atoms with Crippen LogP contribution in [0.2, 0.25) is 5.02 Å². The van der Waals surface area contributed by atoms with Gasteiger partial charge in [0.25, 0.3) is 0 Å². The van der Waals surface area contributed by atoms with Crippen molar-refractivity contribution < 1.29 is 18.6 Å². The first kappa shape index (κ1) is 25.8. The summed E-state index contributed by atoms with van der Waals surface area (Å²) in [5.41, 5.74) is 2.43. The normalized spacial score (nSPS) is 24.6. The van der Waals surface area contributed by atoms with Crippen LogP contribution in [-0.4, -0.2) is 54.9 Å². The monoisotopic (exact) mass is 518 g/mol. The van der Waals surface area contributed by atoms with E-state index < -0.39 is 5.91 Å². The molecular formula is C27H36ClFN4O3. The Bertz CT molecular complexity index is 1020. The molecule has 0 bridgehead atoms. The number of anilines is 1. The van der Waals surface area contributed by atoms with Gasteiger partial charge in [0.15, 0.2) is 11.6 Å². The van der Waals surface area contributed by atoms with Gasteiger partial charge in [0.2, 0.25) is 5.91 Å². The molecule has 0 amide bonds. The summed E-state index contributed by atoms with van der Waals surface area (Å²) in [6.45, 7) is 5.44. The number of hydrogen-bond acceptors (Lipinski definition) is 7. The highest BCUT2D eigenvalue weighted by molar-refractivity contribution is 6.33. The second-order valence-electron chi connectivity index (χ2n) is 10.3. The van der Waals surface area contributed by atoms with E-state index in [1.54, 1.807) is 12.3 Å². The zero-order chi connectivity index (χ0) is 25.0. The predicted molar refractivity (Wildman–Crippen MR) is 137 cm³/mol. The first-order valence-corrected chi connectivity index (χ1v) is 13.5. The zero-order valence-corrected chi connectivity index (χ0v) is 21.7. The minimum atomic E-state index is -0.648. The van der Waals surface area contributed by atoms with Crippen molar-refractivity contribution in [1.29, 1.82) is 0 Å². The van der Waals surface area contributed by atoms with Gasteiger partial charge in [-0.2, -0.15) is 0 Å². The minimum Gasteiger partial charge on any atom is -0.381 e. The molecule has 0 atom stereocenters. The third-order valence-electron chi connectivity index (χ3n) is 7.58. The summed E-state index contributed by atoms with van der Waals surface area (Å²) in [6.07, 6.45) is 8.92. The number of nitrogens with zero attached hydrogens (tertiary/aromatic N) is 2. The number of halogens is 2. The summed E-state index contributed by atoms with van der Waals surface area (Å²) in [7, 11) is 0. The smallest absolute Gasteiger partial charge is 0.224 e. The summed E-state index contributed by atoms with van der Waals surface area (Å²) in [6, 6.07) is 5.55. The molecule has 2 aromatic heterocycles. The number of hydrogen-bond donors (Lipinski definition) is 2. The molecule has 2 aromatic rings. The fourth-order valence-corrected chi connectivity index (χ4v) is 5.67. The third kappa shape index (κ3) is 6.53. The lowest BCUT2D eigenvalue weighted by Gasteiger charge is -2.34. The molecule has 2 N–H and O–H groups in total. The number of aromatic nitrogens is 2. The second-order valence-corrected chi connectivity index (χ2v) is 10.7. The van der Waals surface area contributed by atoms with E-state index in [9.17, 15) is 4.39 Å². The quantitative estimate of drug-likeness (QED) is 0.498. The Labute approximate surface area is 217 Å². The highest BCUT2D eigenvalue weighted by Gasteiger charge is 2.34. The van der Waals surface area contributed by atoms with Crippen molar-refractivity contribution in [3.8, 4) is 11.3 Å². The lowest BCUT2D eigenvalue weighted by molar-refractivity contribution is -0.174. The van der Waals surface area contributed by atoms with E-state index in [1.165, 1.54) is 6.07 Å². The van der Waals surface area contributed by atoms with Crippen LogP contribution < -0.4 is 10.6 Å². The molecule has 5 rings (SSSR count). The summed E-state index contributed by atoms with van der Waals surface area (Å²) in [4.78, 5) is 9.17. The van der Waals surface area contributed by atoms with Gasteiger partial charge in [-0.3, -0.25) is 10.3 Å². The third-order valence-corrected chi connectivity index (χ3v) is 7.88. The Morgan fingerprint density at radius 3 is 2.53 bits per heavy atom. The van der Waals surface area contributed by atoms with Crippen molar-refractivity contribution in [1.82, 2.24) is 15.3 Å². The van der Waals surface area contributed by atoms with E-state index in [4.69, 9.17) is 25.8 Å². The largest absolute Gasteiger partial charge is 0.381 e. The van der Waals surface area contributed by atoms with Crippen LogP contribution in [0, 0.1) is 17.7 Å². The lowest BCUT2D eigenvalue weighted by atomic mass is 9.83. The summed E-state index contributed by atoms with van der Waals surface area (Å²) >= 11 is 6.52. The van der Waals surface area contributed by atoms with Crippen LogP contribution in [-0.2, 0) is 20.6 Å². The average molecular weight is 519 g/mol. The molecule has 9 heteroatoms. The van der Waals surface area contributed by atoms with E-state index in [-0.39, 0.29) is 11.6 Å². The molecule has 36 heavy (non-hydrogen) atoms. The van der Waals surface area contributed by atoms with E-state index in [1.807, 2.05) is 13.0 Å². The Balaban J connectivity index is 1.20. The predicted octanol–water partition coefficient (Wildman–Crippen LogP) is 5.19. The van der Waals surface area contributed by atoms with Gasteiger partial charge in [0.1, 0.15) is 0 Å². The molecule has 7 nitrogen and oxygen atoms in total. The van der Waals surface area contributed by atoms with E-state index in [2.05, 4.69) is 20.6 Å². The zero-order valence-electron chi connectivity index (χ0n) is 20.9. The van der Waals surface area contributed by atoms with Gasteiger partial charge < -0.3 is 19.5 Å². The van der Waals surface area contributed by atoms with Crippen molar-refractivity contribution in [3.63, 3.8) is 0 Å². The van der Waals surface area contributed by atoms with Crippen LogP contribution in [0.1, 0.15) is 51.1 Å². The van der Waals surface area contributed by atoms with Gasteiger partial charge >= 0.3 is 0 Å². The van der Waals surface area contributed by atoms with Gasteiger partial charge in [-0.15, -0.1) is 0 Å². The van der Waals surface area contributed by atoms with Crippen LogP contribution in [0.25, 0.3) is 11.3 Å². The molecule has 196 valence electrons. The summed E-state index contributed by atoms with van der Waals surface area (Å²) < 4.78 is 31.3. The Hall–Kier alpha value is -1.84. The molecular weight excluding hydrogens is 483 g/mol. The molecule has 0 aromatic carbocycles. The molecule has 1 saturated carbocycles. The molecule has 2 aliphatic heterocycles. The number of nitrogens with one attached hydrogen (secondary N) is 2. The SMILES string of the molecule is CC1(NC2CCC(Cc3cc(-c4ccc(F)c(NCC5CCOCC5)n4)c(Cl)cn3)CC2)OCCO1. The molecule has 3 aliphatic rings. The van der Waals surface area contributed by atoms with Crippen LogP contribution >= 0.6 is 11.6 Å². The fraction of sp³-hybridized carbons (Fsp3) is 0.630.